The molecule has 118 valence electrons. The lowest BCUT2D eigenvalue weighted by atomic mass is 10.2. The fourth-order valence-corrected chi connectivity index (χ4v) is 2.18. The van der Waals surface area contributed by atoms with Gasteiger partial charge in [0.25, 0.3) is 0 Å². The minimum Gasteiger partial charge on any atom is -0.470 e. The third-order valence-electron chi connectivity index (χ3n) is 3.14. The molecule has 0 bridgehead atoms. The standard InChI is InChI=1S/C18H15N.C2HNO2/c1-4-10-16(11-5-1)19(17-12-6-2-7-13-17)18-14-8-3-9-15-18;3-1-2(4)5/h1-15H;(H,4,5). The minimum absolute atomic E-state index is 0.944. The number of rotatable bonds is 3. The molecular weight excluding hydrogens is 300 g/mol. The number of para-hydroxylation sites is 3. The number of hydrogen-bond acceptors (Lipinski definition) is 3. The summed E-state index contributed by atoms with van der Waals surface area (Å²) in [4.78, 5) is 11.3. The van der Waals surface area contributed by atoms with Gasteiger partial charge in [-0.15, -0.1) is 0 Å². The summed E-state index contributed by atoms with van der Waals surface area (Å²) in [5.74, 6) is -1.44. The lowest BCUT2D eigenvalue weighted by molar-refractivity contribution is -0.130. The highest BCUT2D eigenvalue weighted by Gasteiger charge is 2.10. The highest BCUT2D eigenvalue weighted by Crippen LogP contribution is 2.33. The molecular formula is C20H16N2O2. The fourth-order valence-electron chi connectivity index (χ4n) is 2.18. The highest BCUT2D eigenvalue weighted by atomic mass is 16.4. The molecule has 0 fully saturated rings. The predicted octanol–water partition coefficient (Wildman–Crippen LogP) is 4.75. The number of nitriles is 1. The summed E-state index contributed by atoms with van der Waals surface area (Å²) in [5, 5.41) is 14.7. The zero-order valence-corrected chi connectivity index (χ0v) is 12.9. The molecule has 3 aromatic rings. The summed E-state index contributed by atoms with van der Waals surface area (Å²) in [7, 11) is 0. The molecule has 3 aromatic carbocycles. The van der Waals surface area contributed by atoms with E-state index < -0.39 is 5.97 Å². The molecule has 24 heavy (non-hydrogen) atoms. The summed E-state index contributed by atoms with van der Waals surface area (Å²) >= 11 is 0. The molecule has 0 unspecified atom stereocenters. The molecule has 0 spiro atoms. The van der Waals surface area contributed by atoms with Gasteiger partial charge in [0.2, 0.25) is 0 Å². The second kappa shape index (κ2) is 8.76. The fraction of sp³-hybridized carbons (Fsp3) is 0. The topological polar surface area (TPSA) is 64.3 Å². The van der Waals surface area contributed by atoms with Gasteiger partial charge in [0.1, 0.15) is 0 Å². The minimum atomic E-state index is -1.44. The van der Waals surface area contributed by atoms with Crippen molar-refractivity contribution in [3.8, 4) is 6.07 Å². The SMILES string of the molecule is N#CC(=O)O.c1ccc(N(c2ccccc2)c2ccccc2)cc1. The van der Waals surface area contributed by atoms with Gasteiger partial charge in [0.15, 0.2) is 6.07 Å². The maximum Gasteiger partial charge on any atom is 0.408 e. The van der Waals surface area contributed by atoms with Crippen LogP contribution in [0.2, 0.25) is 0 Å². The van der Waals surface area contributed by atoms with Crippen molar-refractivity contribution in [2.45, 2.75) is 0 Å². The van der Waals surface area contributed by atoms with Crippen molar-refractivity contribution in [1.29, 1.82) is 5.26 Å². The quantitative estimate of drug-likeness (QED) is 0.559. The molecule has 0 aliphatic carbocycles. The van der Waals surface area contributed by atoms with Crippen LogP contribution in [-0.4, -0.2) is 11.1 Å². The molecule has 0 radical (unpaired) electrons. The van der Waals surface area contributed by atoms with Crippen LogP contribution in [0.15, 0.2) is 91.0 Å². The van der Waals surface area contributed by atoms with Crippen molar-refractivity contribution in [3.63, 3.8) is 0 Å². The Morgan fingerprint density at radius 3 is 1.17 bits per heavy atom. The van der Waals surface area contributed by atoms with E-state index in [0.717, 1.165) is 6.07 Å². The average Bonchev–Trinajstić information content (AvgIpc) is 2.65. The van der Waals surface area contributed by atoms with Gasteiger partial charge < -0.3 is 10.0 Å². The van der Waals surface area contributed by atoms with Crippen molar-refractivity contribution in [2.24, 2.45) is 0 Å². The van der Waals surface area contributed by atoms with Crippen molar-refractivity contribution in [3.05, 3.63) is 91.0 Å². The average molecular weight is 316 g/mol. The number of carboxylic acid groups (broad SMARTS) is 1. The predicted molar refractivity (Wildman–Crippen MR) is 94.4 cm³/mol. The van der Waals surface area contributed by atoms with Crippen LogP contribution in [0.5, 0.6) is 0 Å². The van der Waals surface area contributed by atoms with Gasteiger partial charge in [0, 0.05) is 17.1 Å². The number of hydrogen-bond donors (Lipinski definition) is 1. The number of anilines is 3. The molecule has 0 saturated heterocycles. The molecule has 0 heterocycles. The smallest absolute Gasteiger partial charge is 0.408 e. The lowest BCUT2D eigenvalue weighted by Crippen LogP contribution is -2.09. The van der Waals surface area contributed by atoms with Crippen LogP contribution in [0.1, 0.15) is 0 Å². The first kappa shape index (κ1) is 16.8. The maximum absolute atomic E-state index is 9.01. The van der Waals surface area contributed by atoms with Crippen LogP contribution in [0.3, 0.4) is 0 Å². The molecule has 1 N–H and O–H groups in total. The Hall–Kier alpha value is -3.58. The summed E-state index contributed by atoms with van der Waals surface area (Å²) in [5.41, 5.74) is 3.50. The van der Waals surface area contributed by atoms with Gasteiger partial charge in [-0.25, -0.2) is 4.79 Å². The van der Waals surface area contributed by atoms with Crippen LogP contribution >= 0.6 is 0 Å². The molecule has 4 nitrogen and oxygen atoms in total. The molecule has 0 atom stereocenters. The molecule has 0 aliphatic rings. The van der Waals surface area contributed by atoms with Crippen molar-refractivity contribution >= 4 is 23.0 Å². The number of nitrogens with zero attached hydrogens (tertiary/aromatic N) is 2. The number of carbonyl (C=O) groups is 1. The number of aliphatic carboxylic acids is 1. The monoisotopic (exact) mass is 316 g/mol. The van der Waals surface area contributed by atoms with Gasteiger partial charge in [-0.3, -0.25) is 0 Å². The Bertz CT molecular complexity index is 703. The van der Waals surface area contributed by atoms with E-state index in [2.05, 4.69) is 77.7 Å². The van der Waals surface area contributed by atoms with Gasteiger partial charge in [-0.05, 0) is 36.4 Å². The Morgan fingerprint density at radius 2 is 0.958 bits per heavy atom. The Balaban J connectivity index is 0.000000368. The van der Waals surface area contributed by atoms with E-state index in [4.69, 9.17) is 15.2 Å². The second-order valence-corrected chi connectivity index (χ2v) is 4.76. The van der Waals surface area contributed by atoms with Gasteiger partial charge in [-0.2, -0.15) is 5.26 Å². The zero-order chi connectivity index (χ0) is 17.2. The highest BCUT2D eigenvalue weighted by molar-refractivity contribution is 5.83. The van der Waals surface area contributed by atoms with E-state index in [1.165, 1.54) is 17.1 Å². The first-order chi connectivity index (χ1) is 11.7. The largest absolute Gasteiger partial charge is 0.470 e. The van der Waals surface area contributed by atoms with Crippen molar-refractivity contribution < 1.29 is 9.90 Å². The van der Waals surface area contributed by atoms with Crippen LogP contribution in [0.4, 0.5) is 17.1 Å². The Labute approximate surface area is 140 Å². The van der Waals surface area contributed by atoms with E-state index in [1.807, 2.05) is 18.2 Å². The lowest BCUT2D eigenvalue weighted by Gasteiger charge is -2.25. The first-order valence-electron chi connectivity index (χ1n) is 7.30. The van der Waals surface area contributed by atoms with Gasteiger partial charge >= 0.3 is 5.97 Å². The number of benzene rings is 3. The van der Waals surface area contributed by atoms with Crippen LogP contribution in [0, 0.1) is 11.3 Å². The van der Waals surface area contributed by atoms with Crippen molar-refractivity contribution in [2.75, 3.05) is 4.90 Å². The Kier molecular flexibility index (Phi) is 6.13. The molecule has 3 rings (SSSR count). The van der Waals surface area contributed by atoms with E-state index in [-0.39, 0.29) is 0 Å². The number of carboxylic acids is 1. The van der Waals surface area contributed by atoms with Crippen molar-refractivity contribution in [1.82, 2.24) is 0 Å². The molecule has 0 saturated carbocycles. The Morgan fingerprint density at radius 1 is 0.708 bits per heavy atom. The van der Waals surface area contributed by atoms with E-state index >= 15 is 0 Å². The van der Waals surface area contributed by atoms with Crippen LogP contribution < -0.4 is 4.90 Å². The summed E-state index contributed by atoms with van der Waals surface area (Å²) in [6.07, 6.45) is 0. The van der Waals surface area contributed by atoms with E-state index in [9.17, 15) is 0 Å². The van der Waals surface area contributed by atoms with E-state index in [0.29, 0.717) is 0 Å². The molecule has 4 heteroatoms. The van der Waals surface area contributed by atoms with Gasteiger partial charge in [0.05, 0.1) is 0 Å². The van der Waals surface area contributed by atoms with Crippen LogP contribution in [-0.2, 0) is 4.79 Å². The second-order valence-electron chi connectivity index (χ2n) is 4.76. The van der Waals surface area contributed by atoms with E-state index in [1.54, 1.807) is 0 Å². The molecule has 0 amide bonds. The third-order valence-corrected chi connectivity index (χ3v) is 3.14. The molecule has 0 aliphatic heterocycles. The summed E-state index contributed by atoms with van der Waals surface area (Å²) < 4.78 is 0. The normalized spacial score (nSPS) is 9.12. The maximum atomic E-state index is 9.01. The van der Waals surface area contributed by atoms with Gasteiger partial charge in [-0.1, -0.05) is 54.6 Å². The third kappa shape index (κ3) is 4.72. The summed E-state index contributed by atoms with van der Waals surface area (Å²) in [6.45, 7) is 0. The van der Waals surface area contributed by atoms with Crippen LogP contribution in [0.25, 0.3) is 0 Å². The molecule has 0 aromatic heterocycles. The first-order valence-corrected chi connectivity index (χ1v) is 7.30. The zero-order valence-electron chi connectivity index (χ0n) is 12.9. The summed E-state index contributed by atoms with van der Waals surface area (Å²) in [6, 6.07) is 32.2.